The molecule has 0 bridgehead atoms. The van der Waals surface area contributed by atoms with Crippen LogP contribution < -0.4 is 14.5 Å². The Labute approximate surface area is 312 Å². The normalized spacial score (nSPS) is 16.1. The predicted molar refractivity (Wildman–Crippen MR) is 200 cm³/mol. The maximum Gasteiger partial charge on any atom is 0.414 e. The summed E-state index contributed by atoms with van der Waals surface area (Å²) >= 11 is 0. The average molecular weight is 727 g/mol. The number of benzene rings is 4. The lowest BCUT2D eigenvalue weighted by atomic mass is 9.77. The Morgan fingerprint density at radius 3 is 2.09 bits per heavy atom. The quantitative estimate of drug-likeness (QED) is 0.131. The number of halogens is 1. The fraction of sp³-hybridized carbons (Fsp3) is 0.238. The zero-order valence-electron chi connectivity index (χ0n) is 29.5. The van der Waals surface area contributed by atoms with Crippen molar-refractivity contribution >= 4 is 23.4 Å². The van der Waals surface area contributed by atoms with E-state index in [2.05, 4.69) is 88.7 Å². The van der Waals surface area contributed by atoms with Crippen LogP contribution in [0.3, 0.4) is 0 Å². The zero-order chi connectivity index (χ0) is 36.9. The number of amides is 2. The predicted octanol–water partition coefficient (Wildman–Crippen LogP) is 6.54. The molecule has 4 heterocycles. The number of ether oxygens (including phenoxy) is 2. The molecule has 0 saturated carbocycles. The number of aromatic nitrogens is 3. The lowest BCUT2D eigenvalue weighted by molar-refractivity contribution is -0.131. The highest BCUT2D eigenvalue weighted by Gasteiger charge is 2.38. The van der Waals surface area contributed by atoms with Crippen LogP contribution in [0.1, 0.15) is 28.8 Å². The molecule has 8 rings (SSSR count). The first-order valence-corrected chi connectivity index (χ1v) is 18.0. The molecule has 0 N–H and O–H groups in total. The smallest absolute Gasteiger partial charge is 0.414 e. The minimum Gasteiger partial charge on any atom is -0.471 e. The van der Waals surface area contributed by atoms with E-state index in [0.29, 0.717) is 56.3 Å². The van der Waals surface area contributed by atoms with Gasteiger partial charge in [0.05, 0.1) is 29.9 Å². The maximum absolute atomic E-state index is 15.5. The largest absolute Gasteiger partial charge is 0.471 e. The van der Waals surface area contributed by atoms with E-state index in [0.717, 1.165) is 22.4 Å². The van der Waals surface area contributed by atoms with Crippen molar-refractivity contribution in [1.29, 1.82) is 0 Å². The number of nitrogens with zero attached hydrogens (tertiary/aromatic N) is 6. The number of aryl methyl sites for hydroxylation is 1. The number of carbonyl (C=O) groups is 2. The van der Waals surface area contributed by atoms with E-state index in [1.165, 1.54) is 17.2 Å². The van der Waals surface area contributed by atoms with Gasteiger partial charge in [0.1, 0.15) is 24.2 Å². The number of carbonyl (C=O) groups excluding carboxylic acids is 2. The van der Waals surface area contributed by atoms with Crippen LogP contribution in [0.25, 0.3) is 0 Å². The highest BCUT2D eigenvalue weighted by Crippen LogP contribution is 2.41. The Balaban J connectivity index is 0.898. The average Bonchev–Trinajstić information content (AvgIpc) is 4.00. The van der Waals surface area contributed by atoms with Gasteiger partial charge < -0.3 is 28.4 Å². The van der Waals surface area contributed by atoms with E-state index in [9.17, 15) is 9.59 Å². The molecule has 0 radical (unpaired) electrons. The SMILES string of the molecule is O=C(CCc1cn(C(c2ccccc2)(c2ccccc2)c2ccccc2)cn1)N1CCN(c2ccc(N3C[C@H](COc4ccon4)OC3=O)cc2F)CC1. The van der Waals surface area contributed by atoms with Crippen LogP contribution in [0.5, 0.6) is 5.88 Å². The number of imidazole rings is 1. The molecule has 274 valence electrons. The lowest BCUT2D eigenvalue weighted by Crippen LogP contribution is -2.49. The van der Waals surface area contributed by atoms with Gasteiger partial charge in [-0.2, -0.15) is 0 Å². The first-order valence-electron chi connectivity index (χ1n) is 18.0. The summed E-state index contributed by atoms with van der Waals surface area (Å²) in [6.07, 6.45) is 5.00. The monoisotopic (exact) mass is 726 g/mol. The fourth-order valence-electron chi connectivity index (χ4n) is 7.44. The Morgan fingerprint density at radius 1 is 0.852 bits per heavy atom. The summed E-state index contributed by atoms with van der Waals surface area (Å²) in [5.41, 5.74) is 4.28. The third-order valence-electron chi connectivity index (χ3n) is 10.1. The molecule has 0 unspecified atom stereocenters. The molecule has 0 aliphatic carbocycles. The summed E-state index contributed by atoms with van der Waals surface area (Å²) in [6.45, 7) is 2.22. The van der Waals surface area contributed by atoms with Gasteiger partial charge in [-0.15, -0.1) is 0 Å². The van der Waals surface area contributed by atoms with Crippen LogP contribution in [-0.4, -0.2) is 77.0 Å². The van der Waals surface area contributed by atoms with E-state index in [-0.39, 0.29) is 19.1 Å². The maximum atomic E-state index is 15.5. The van der Waals surface area contributed by atoms with Crippen molar-refractivity contribution < 1.29 is 28.0 Å². The van der Waals surface area contributed by atoms with Gasteiger partial charge >= 0.3 is 6.09 Å². The minimum atomic E-state index is -0.670. The Morgan fingerprint density at radius 2 is 1.50 bits per heavy atom. The minimum absolute atomic E-state index is 0.0371. The van der Waals surface area contributed by atoms with Crippen molar-refractivity contribution in [3.63, 3.8) is 0 Å². The van der Waals surface area contributed by atoms with Crippen LogP contribution in [0.15, 0.2) is 139 Å². The summed E-state index contributed by atoms with van der Waals surface area (Å²) in [7, 11) is 0. The number of rotatable bonds is 12. The van der Waals surface area contributed by atoms with Gasteiger partial charge in [-0.3, -0.25) is 9.69 Å². The first kappa shape index (κ1) is 34.6. The molecule has 2 fully saturated rings. The molecule has 0 spiro atoms. The van der Waals surface area contributed by atoms with Crippen molar-refractivity contribution in [1.82, 2.24) is 19.6 Å². The standard InChI is InChI=1S/C42H39FN6O5/c43-37-26-35(49-28-36(54-41(49)51)29-52-39-20-25-53-45-39)17-18-38(37)46-21-23-47(24-22-46)40(50)19-16-34-27-48(30-44-34)42(31-10-4-1-5-11-31,32-12-6-2-7-13-32)33-14-8-3-9-15-33/h1-15,17-18,20,25-27,30,36H,16,19,21-24,28-29H2/t36-/m1/s1. The molecule has 4 aromatic carbocycles. The molecular formula is C42H39FN6O5. The number of hydrogen-bond donors (Lipinski definition) is 0. The molecule has 1 atom stereocenters. The van der Waals surface area contributed by atoms with Crippen LogP contribution in [0.2, 0.25) is 0 Å². The molecule has 6 aromatic rings. The van der Waals surface area contributed by atoms with E-state index in [1.807, 2.05) is 34.3 Å². The number of anilines is 2. The second-order valence-electron chi connectivity index (χ2n) is 13.3. The van der Waals surface area contributed by atoms with Gasteiger partial charge in [0.25, 0.3) is 5.88 Å². The molecule has 2 aliphatic heterocycles. The molecule has 11 nitrogen and oxygen atoms in total. The van der Waals surface area contributed by atoms with Crippen LogP contribution in [0, 0.1) is 5.82 Å². The number of piperazine rings is 1. The lowest BCUT2D eigenvalue weighted by Gasteiger charge is -2.37. The fourth-order valence-corrected chi connectivity index (χ4v) is 7.44. The van der Waals surface area contributed by atoms with Gasteiger partial charge in [-0.1, -0.05) is 91.0 Å². The van der Waals surface area contributed by atoms with Crippen molar-refractivity contribution in [3.8, 4) is 5.88 Å². The Bertz CT molecular complexity index is 2080. The molecule has 54 heavy (non-hydrogen) atoms. The third kappa shape index (κ3) is 6.90. The van der Waals surface area contributed by atoms with Crippen molar-refractivity contribution in [2.45, 2.75) is 24.5 Å². The van der Waals surface area contributed by atoms with Crippen LogP contribution >= 0.6 is 0 Å². The first-order chi connectivity index (χ1) is 26.5. The van der Waals surface area contributed by atoms with Gasteiger partial charge in [0, 0.05) is 44.9 Å². The molecule has 2 saturated heterocycles. The van der Waals surface area contributed by atoms with Gasteiger partial charge in [0.2, 0.25) is 5.91 Å². The summed E-state index contributed by atoms with van der Waals surface area (Å²) < 4.78 is 33.3. The number of hydrogen-bond acceptors (Lipinski definition) is 8. The molecule has 2 aliphatic rings. The molecule has 2 amide bonds. The van der Waals surface area contributed by atoms with E-state index >= 15 is 4.39 Å². The summed E-state index contributed by atoms with van der Waals surface area (Å²) in [6, 6.07) is 37.5. The van der Waals surface area contributed by atoms with Gasteiger partial charge in [0.15, 0.2) is 6.10 Å². The molecule has 2 aromatic heterocycles. The van der Waals surface area contributed by atoms with Crippen molar-refractivity contribution in [2.24, 2.45) is 0 Å². The highest BCUT2D eigenvalue weighted by atomic mass is 19.1. The van der Waals surface area contributed by atoms with Crippen molar-refractivity contribution in [2.75, 3.05) is 49.1 Å². The van der Waals surface area contributed by atoms with E-state index in [4.69, 9.17) is 19.0 Å². The second-order valence-corrected chi connectivity index (χ2v) is 13.3. The molecular weight excluding hydrogens is 687 g/mol. The van der Waals surface area contributed by atoms with Gasteiger partial charge in [-0.25, -0.2) is 14.2 Å². The van der Waals surface area contributed by atoms with Gasteiger partial charge in [-0.05, 0) is 46.5 Å². The Kier molecular flexibility index (Phi) is 9.80. The zero-order valence-corrected chi connectivity index (χ0v) is 29.5. The van der Waals surface area contributed by atoms with Crippen LogP contribution in [-0.2, 0) is 21.5 Å². The van der Waals surface area contributed by atoms with Crippen LogP contribution in [0.4, 0.5) is 20.6 Å². The summed E-state index contributed by atoms with van der Waals surface area (Å²) in [5, 5.41) is 3.68. The van der Waals surface area contributed by atoms with E-state index < -0.39 is 23.6 Å². The topological polar surface area (TPSA) is 106 Å². The van der Waals surface area contributed by atoms with Crippen molar-refractivity contribution in [3.05, 3.63) is 162 Å². The number of cyclic esters (lactones) is 1. The second kappa shape index (κ2) is 15.3. The summed E-state index contributed by atoms with van der Waals surface area (Å²) in [4.78, 5) is 35.9. The van der Waals surface area contributed by atoms with E-state index in [1.54, 1.807) is 18.2 Å². The third-order valence-corrected chi connectivity index (χ3v) is 10.1. The summed E-state index contributed by atoms with van der Waals surface area (Å²) in [5.74, 6) is -0.118. The Hall–Kier alpha value is -6.43. The highest BCUT2D eigenvalue weighted by molar-refractivity contribution is 5.90. The molecule has 12 heteroatoms.